The molecule has 0 aromatic rings. The van der Waals surface area contributed by atoms with Crippen LogP contribution in [0.4, 0.5) is 0 Å². The minimum atomic E-state index is -1.77. The van der Waals surface area contributed by atoms with Crippen LogP contribution in [0.2, 0.25) is 0 Å². The Bertz CT molecular complexity index is 1570. The Balaban J connectivity index is 0.875. The Kier molecular flexibility index (Phi) is 12.9. The second-order valence-electron chi connectivity index (χ2n) is 19.4. The predicted octanol–water partition coefficient (Wildman–Crippen LogP) is -1.24. The van der Waals surface area contributed by atoms with Gasteiger partial charge in [0.1, 0.15) is 73.8 Å². The fourth-order valence-corrected chi connectivity index (χ4v) is 13.0. The van der Waals surface area contributed by atoms with Crippen molar-refractivity contribution in [3.8, 4) is 0 Å². The van der Waals surface area contributed by atoms with Crippen LogP contribution in [-0.4, -0.2) is 183 Å². The molecule has 0 amide bonds. The zero-order valence-electron chi connectivity index (χ0n) is 34.8. The van der Waals surface area contributed by atoms with Gasteiger partial charge in [-0.1, -0.05) is 13.8 Å². The lowest BCUT2D eigenvalue weighted by Gasteiger charge is -2.64. The molecule has 4 aliphatic carbocycles. The van der Waals surface area contributed by atoms with E-state index in [0.717, 1.165) is 63.4 Å². The fraction of sp³-hybridized carbons (Fsp3) is 0.929. The topological polar surface area (TPSA) is 273 Å². The molecular weight excluding hydrogens is 792 g/mol. The van der Waals surface area contributed by atoms with Crippen LogP contribution in [0.15, 0.2) is 11.6 Å². The monoisotopic (exact) mass is 858 g/mol. The maximum Gasteiger partial charge on any atom is 0.331 e. The van der Waals surface area contributed by atoms with Gasteiger partial charge in [-0.25, -0.2) is 4.79 Å². The third-order valence-electron chi connectivity index (χ3n) is 16.5. The number of methoxy groups -OCH3 is 1. The van der Waals surface area contributed by atoms with Crippen LogP contribution >= 0.6 is 0 Å². The maximum atomic E-state index is 12.6. The summed E-state index contributed by atoms with van der Waals surface area (Å²) in [7, 11) is 1.39. The molecule has 4 saturated carbocycles. The molecule has 60 heavy (non-hydrogen) atoms. The zero-order valence-corrected chi connectivity index (χ0v) is 34.8. The summed E-state index contributed by atoms with van der Waals surface area (Å²) in [5.41, 5.74) is -0.0850. The summed E-state index contributed by atoms with van der Waals surface area (Å²) in [6, 6.07) is 0. The second kappa shape index (κ2) is 17.2. The van der Waals surface area contributed by atoms with Crippen LogP contribution < -0.4 is 0 Å². The zero-order chi connectivity index (χ0) is 43.1. The molecule has 18 heteroatoms. The first-order valence-electron chi connectivity index (χ1n) is 21.8. The van der Waals surface area contributed by atoms with E-state index >= 15 is 0 Å². The average molecular weight is 859 g/mol. The number of ether oxygens (including phenoxy) is 8. The Hall–Kier alpha value is -1.43. The summed E-state index contributed by atoms with van der Waals surface area (Å²) < 4.78 is 46.6. The van der Waals surface area contributed by atoms with E-state index in [4.69, 9.17) is 37.9 Å². The number of esters is 1. The average Bonchev–Trinajstić information content (AvgIpc) is 3.78. The van der Waals surface area contributed by atoms with Crippen LogP contribution in [-0.2, 0) is 42.7 Å². The number of hydrogen-bond donors (Lipinski definition) is 9. The van der Waals surface area contributed by atoms with Gasteiger partial charge >= 0.3 is 5.97 Å². The molecule has 0 unspecified atom stereocenters. The fourth-order valence-electron chi connectivity index (χ4n) is 13.0. The molecule has 0 spiro atoms. The number of aliphatic hydroxyl groups excluding tert-OH is 8. The number of hydrogen-bond acceptors (Lipinski definition) is 18. The smallest absolute Gasteiger partial charge is 0.331 e. The van der Waals surface area contributed by atoms with Crippen molar-refractivity contribution < 1.29 is 88.6 Å². The lowest BCUT2D eigenvalue weighted by Crippen LogP contribution is -2.65. The van der Waals surface area contributed by atoms with Gasteiger partial charge in [-0.05, 0) is 99.4 Å². The van der Waals surface area contributed by atoms with Crippen LogP contribution in [0, 0.1) is 34.5 Å². The molecule has 18 nitrogen and oxygen atoms in total. The SMILES string of the molecule is CO[C@H]1[C@@H](O)[C@H](O[C@H]2CC[C@@]3(C)[C@@H](CC[C@@H]4[C@@H]3CC[C@]3(C)[C@@H](C5=CC(=O)OC5)CC[C@]43O)C2)O[C@@H](C)[C@@H]1O[C@H]1O[C@@H](CO[C@@H]2O[C@H](CO)[C@@H](O)[C@H](O)[C@H]2O)[C@H](O)[C@@H](O)[C@@H]1O. The highest BCUT2D eigenvalue weighted by Crippen LogP contribution is 2.70. The molecule has 3 saturated heterocycles. The summed E-state index contributed by atoms with van der Waals surface area (Å²) in [6.45, 7) is 5.42. The van der Waals surface area contributed by atoms with Crippen molar-refractivity contribution in [3.63, 3.8) is 0 Å². The molecule has 8 aliphatic rings. The summed E-state index contributed by atoms with van der Waals surface area (Å²) >= 11 is 0. The summed E-state index contributed by atoms with van der Waals surface area (Å²) in [4.78, 5) is 12.0. The van der Waals surface area contributed by atoms with E-state index in [-0.39, 0.29) is 34.7 Å². The predicted molar refractivity (Wildman–Crippen MR) is 203 cm³/mol. The first kappa shape index (κ1) is 45.1. The third-order valence-corrected chi connectivity index (χ3v) is 16.5. The molecule has 0 aromatic heterocycles. The molecular formula is C42H66O18. The lowest BCUT2D eigenvalue weighted by molar-refractivity contribution is -0.367. The third kappa shape index (κ3) is 7.50. The van der Waals surface area contributed by atoms with Crippen LogP contribution in [0.1, 0.15) is 78.6 Å². The molecule has 0 radical (unpaired) electrons. The number of fused-ring (bicyclic) bond motifs is 5. The molecule has 4 heterocycles. The van der Waals surface area contributed by atoms with Gasteiger partial charge in [0.15, 0.2) is 18.9 Å². The molecule has 23 atom stereocenters. The molecule has 9 N–H and O–H groups in total. The van der Waals surface area contributed by atoms with Crippen molar-refractivity contribution in [2.75, 3.05) is 26.9 Å². The van der Waals surface area contributed by atoms with Crippen molar-refractivity contribution >= 4 is 5.97 Å². The normalized spacial score (nSPS) is 54.4. The lowest BCUT2D eigenvalue weighted by atomic mass is 9.43. The van der Waals surface area contributed by atoms with E-state index in [9.17, 15) is 50.8 Å². The number of carbonyl (C=O) groups excluding carboxylic acids is 1. The van der Waals surface area contributed by atoms with E-state index in [2.05, 4.69) is 13.8 Å². The van der Waals surface area contributed by atoms with Gasteiger partial charge in [0, 0.05) is 18.6 Å². The number of cyclic esters (lactones) is 1. The first-order valence-corrected chi connectivity index (χ1v) is 21.8. The Morgan fingerprint density at radius 3 is 2.10 bits per heavy atom. The maximum absolute atomic E-state index is 12.6. The molecule has 7 fully saturated rings. The van der Waals surface area contributed by atoms with Crippen LogP contribution in [0.25, 0.3) is 0 Å². The number of carbonyl (C=O) groups is 1. The summed E-state index contributed by atoms with van der Waals surface area (Å²) in [5.74, 6) is 0.725. The minimum absolute atomic E-state index is 0.00760. The van der Waals surface area contributed by atoms with Crippen molar-refractivity contribution in [3.05, 3.63) is 11.6 Å². The number of rotatable bonds is 10. The van der Waals surface area contributed by atoms with Gasteiger partial charge in [0.25, 0.3) is 0 Å². The van der Waals surface area contributed by atoms with Crippen molar-refractivity contribution in [1.82, 2.24) is 0 Å². The van der Waals surface area contributed by atoms with Crippen molar-refractivity contribution in [2.45, 2.75) is 182 Å². The first-order chi connectivity index (χ1) is 28.4. The molecule has 0 bridgehead atoms. The van der Waals surface area contributed by atoms with E-state index in [1.165, 1.54) is 7.11 Å². The van der Waals surface area contributed by atoms with Gasteiger partial charge in [-0.3, -0.25) is 0 Å². The Morgan fingerprint density at radius 2 is 1.42 bits per heavy atom. The van der Waals surface area contributed by atoms with Gasteiger partial charge in [-0.2, -0.15) is 0 Å². The van der Waals surface area contributed by atoms with E-state index < -0.39 is 111 Å². The highest BCUT2D eigenvalue weighted by Gasteiger charge is 2.68. The highest BCUT2D eigenvalue weighted by molar-refractivity contribution is 5.85. The molecule has 8 rings (SSSR count). The highest BCUT2D eigenvalue weighted by atomic mass is 16.8. The standard InChI is InChI=1S/C42H66O18/c1-18-35(60-38-33(50)31(48)29(46)26(59-38)17-55-37-32(49)30(47)28(45)25(15-43)58-37)36(53-4)34(51)39(56-18)57-21-7-10-40(2)20(14-21)5-6-24-23(40)8-11-41(3)22(9-12-42(24,41)52)19-13-27(44)54-16-19/h13,18,20-26,28-39,43,45-52H,5-12,14-17H2,1-4H3/t18-,20-,21-,22+,23-,24+,25+,26-,28+,29-,30-,31+,32+,33-,34+,35-,36-,37+,38+,39-,40-,41+,42-/m0/s1. The van der Waals surface area contributed by atoms with Gasteiger partial charge in [0.05, 0.1) is 31.0 Å². The molecule has 4 aliphatic heterocycles. The van der Waals surface area contributed by atoms with Gasteiger partial charge < -0.3 is 83.9 Å². The van der Waals surface area contributed by atoms with E-state index in [0.29, 0.717) is 18.4 Å². The Labute approximate surface area is 349 Å². The molecule has 0 aromatic carbocycles. The summed E-state index contributed by atoms with van der Waals surface area (Å²) in [6.07, 6.45) is -11.9. The van der Waals surface area contributed by atoms with E-state index in [1.54, 1.807) is 13.0 Å². The molecule has 342 valence electrons. The van der Waals surface area contributed by atoms with Gasteiger partial charge in [0.2, 0.25) is 0 Å². The second-order valence-corrected chi connectivity index (χ2v) is 19.4. The minimum Gasteiger partial charge on any atom is -0.458 e. The quantitative estimate of drug-likeness (QED) is 0.0918. The van der Waals surface area contributed by atoms with E-state index in [1.807, 2.05) is 0 Å². The van der Waals surface area contributed by atoms with Crippen molar-refractivity contribution in [2.24, 2.45) is 34.5 Å². The Morgan fingerprint density at radius 1 is 0.733 bits per heavy atom. The largest absolute Gasteiger partial charge is 0.458 e. The van der Waals surface area contributed by atoms with Crippen molar-refractivity contribution in [1.29, 1.82) is 0 Å². The van der Waals surface area contributed by atoms with Crippen LogP contribution in [0.5, 0.6) is 0 Å². The summed E-state index contributed by atoms with van der Waals surface area (Å²) in [5, 5.41) is 96.6. The number of aliphatic hydroxyl groups is 9. The van der Waals surface area contributed by atoms with Gasteiger partial charge in [-0.15, -0.1) is 0 Å². The van der Waals surface area contributed by atoms with Crippen LogP contribution in [0.3, 0.4) is 0 Å².